The molecule has 1 atom stereocenters. The third-order valence-electron chi connectivity index (χ3n) is 4.55. The highest BCUT2D eigenvalue weighted by Gasteiger charge is 2.59. The predicted molar refractivity (Wildman–Crippen MR) is 87.7 cm³/mol. The molecule has 142 valence electrons. The topological polar surface area (TPSA) is 110 Å². The van der Waals surface area contributed by atoms with Gasteiger partial charge in [0.25, 0.3) is 5.92 Å². The van der Waals surface area contributed by atoms with Gasteiger partial charge in [-0.15, -0.1) is 0 Å². The maximum Gasteiger partial charge on any atom is 0.336 e. The van der Waals surface area contributed by atoms with Crippen molar-refractivity contribution in [1.29, 1.82) is 0 Å². The Bertz CT molecular complexity index is 921. The summed E-state index contributed by atoms with van der Waals surface area (Å²) in [6.45, 7) is -0.289. The summed E-state index contributed by atoms with van der Waals surface area (Å²) in [5.41, 5.74) is 4.31. The standard InChI is InChI=1S/C17H15F3N4O3/c1-16(13(15(25)26)14(21)24-27-7-17(16,19)20)11-4-9(2-3-12(11)18)10-5-22-8-23-6-10/h2-6,8,24H,7,21H2,1H3,(H,25,26)/t16-/m0/s1. The lowest BCUT2D eigenvalue weighted by atomic mass is 9.70. The predicted octanol–water partition coefficient (Wildman–Crippen LogP) is 1.97. The maximum absolute atomic E-state index is 15.0. The summed E-state index contributed by atoms with van der Waals surface area (Å²) in [6, 6.07) is 3.48. The molecule has 0 radical (unpaired) electrons. The van der Waals surface area contributed by atoms with Crippen molar-refractivity contribution in [2.75, 3.05) is 6.61 Å². The average Bonchev–Trinajstić information content (AvgIpc) is 2.70. The summed E-state index contributed by atoms with van der Waals surface area (Å²) in [6.07, 6.45) is 4.12. The minimum Gasteiger partial charge on any atom is -0.478 e. The molecule has 3 rings (SSSR count). The van der Waals surface area contributed by atoms with E-state index in [0.29, 0.717) is 11.1 Å². The van der Waals surface area contributed by atoms with Gasteiger partial charge in [-0.05, 0) is 24.6 Å². The lowest BCUT2D eigenvalue weighted by Crippen LogP contribution is -2.49. The number of halogens is 3. The van der Waals surface area contributed by atoms with Crippen molar-refractivity contribution in [2.24, 2.45) is 5.73 Å². The molecule has 4 N–H and O–H groups in total. The van der Waals surface area contributed by atoms with Crippen LogP contribution in [0.15, 0.2) is 48.3 Å². The fourth-order valence-electron chi connectivity index (χ4n) is 3.05. The minimum absolute atomic E-state index is 0.338. The zero-order chi connectivity index (χ0) is 19.8. The van der Waals surface area contributed by atoms with Gasteiger partial charge < -0.3 is 10.8 Å². The summed E-state index contributed by atoms with van der Waals surface area (Å²) in [5, 5.41) is 9.53. The van der Waals surface area contributed by atoms with E-state index in [9.17, 15) is 23.1 Å². The molecular formula is C17H15F3N4O3. The van der Waals surface area contributed by atoms with Crippen molar-refractivity contribution in [3.63, 3.8) is 0 Å². The zero-order valence-corrected chi connectivity index (χ0v) is 14.0. The molecule has 2 aromatic rings. The Labute approximate surface area is 151 Å². The molecule has 0 saturated heterocycles. The second kappa shape index (κ2) is 6.54. The van der Waals surface area contributed by atoms with Gasteiger partial charge in [0, 0.05) is 23.5 Å². The molecule has 10 heteroatoms. The van der Waals surface area contributed by atoms with Gasteiger partial charge >= 0.3 is 5.97 Å². The Balaban J connectivity index is 2.31. The summed E-state index contributed by atoms with van der Waals surface area (Å²) in [5.74, 6) is -7.15. The van der Waals surface area contributed by atoms with Crippen LogP contribution in [0.4, 0.5) is 13.2 Å². The van der Waals surface area contributed by atoms with Crippen molar-refractivity contribution in [1.82, 2.24) is 15.4 Å². The third-order valence-corrected chi connectivity index (χ3v) is 4.55. The normalized spacial score (nSPS) is 22.1. The number of rotatable bonds is 3. The number of aromatic nitrogens is 2. The van der Waals surface area contributed by atoms with Crippen molar-refractivity contribution in [3.05, 3.63) is 59.7 Å². The van der Waals surface area contributed by atoms with Crippen molar-refractivity contribution in [3.8, 4) is 11.1 Å². The van der Waals surface area contributed by atoms with E-state index >= 15 is 0 Å². The number of nitrogens with zero attached hydrogens (tertiary/aromatic N) is 2. The first kappa shape index (κ1) is 18.6. The molecule has 0 spiro atoms. The number of hydroxylamine groups is 1. The summed E-state index contributed by atoms with van der Waals surface area (Å²) in [7, 11) is 0. The SMILES string of the molecule is C[C@]1(c2cc(-c3cncnc3)ccc2F)C(C(=O)O)=C(N)NOCC1(F)F. The van der Waals surface area contributed by atoms with Crippen molar-refractivity contribution >= 4 is 5.97 Å². The van der Waals surface area contributed by atoms with E-state index in [2.05, 4.69) is 14.8 Å². The lowest BCUT2D eigenvalue weighted by molar-refractivity contribution is -0.142. The van der Waals surface area contributed by atoms with Gasteiger partial charge in [-0.1, -0.05) is 6.07 Å². The highest BCUT2D eigenvalue weighted by Crippen LogP contribution is 2.48. The molecule has 1 aliphatic heterocycles. The van der Waals surface area contributed by atoms with Gasteiger partial charge in [-0.25, -0.2) is 27.9 Å². The van der Waals surface area contributed by atoms with E-state index in [-0.39, 0.29) is 0 Å². The number of hydrogen-bond donors (Lipinski definition) is 3. The number of carbonyl (C=O) groups is 1. The number of aliphatic carboxylic acids is 1. The zero-order valence-electron chi connectivity index (χ0n) is 14.0. The molecule has 0 saturated carbocycles. The molecule has 2 heterocycles. The van der Waals surface area contributed by atoms with Crippen LogP contribution in [0.1, 0.15) is 12.5 Å². The summed E-state index contributed by atoms with van der Waals surface area (Å²) < 4.78 is 44.6. The van der Waals surface area contributed by atoms with Crippen LogP contribution in [-0.4, -0.2) is 33.6 Å². The Hall–Kier alpha value is -3.14. The van der Waals surface area contributed by atoms with Gasteiger partial charge in [0.2, 0.25) is 0 Å². The number of alkyl halides is 2. The second-order valence-corrected chi connectivity index (χ2v) is 6.14. The first-order valence-corrected chi connectivity index (χ1v) is 7.73. The minimum atomic E-state index is -3.79. The Morgan fingerprint density at radius 1 is 1.30 bits per heavy atom. The summed E-state index contributed by atoms with van der Waals surface area (Å²) in [4.78, 5) is 24.0. The third kappa shape index (κ3) is 2.97. The monoisotopic (exact) mass is 380 g/mol. The van der Waals surface area contributed by atoms with Crippen LogP contribution in [0, 0.1) is 5.82 Å². The fraction of sp³-hybridized carbons (Fsp3) is 0.235. The Morgan fingerprint density at radius 2 is 1.96 bits per heavy atom. The molecule has 7 nitrogen and oxygen atoms in total. The highest BCUT2D eigenvalue weighted by molar-refractivity contribution is 5.91. The summed E-state index contributed by atoms with van der Waals surface area (Å²) >= 11 is 0. The van der Waals surface area contributed by atoms with Crippen molar-refractivity contribution in [2.45, 2.75) is 18.3 Å². The van der Waals surface area contributed by atoms with Gasteiger partial charge in [0.1, 0.15) is 24.6 Å². The van der Waals surface area contributed by atoms with Crippen LogP contribution in [-0.2, 0) is 15.0 Å². The fourth-order valence-corrected chi connectivity index (χ4v) is 3.05. The number of carboxylic acids is 1. The largest absolute Gasteiger partial charge is 0.478 e. The van der Waals surface area contributed by atoms with Crippen LogP contribution in [0.2, 0.25) is 0 Å². The van der Waals surface area contributed by atoms with E-state index in [1.807, 2.05) is 5.48 Å². The van der Waals surface area contributed by atoms with Crippen LogP contribution >= 0.6 is 0 Å². The van der Waals surface area contributed by atoms with E-state index in [1.54, 1.807) is 0 Å². The molecule has 0 amide bonds. The van der Waals surface area contributed by atoms with E-state index in [0.717, 1.165) is 19.1 Å². The highest BCUT2D eigenvalue weighted by atomic mass is 19.3. The van der Waals surface area contributed by atoms with Crippen LogP contribution in [0.3, 0.4) is 0 Å². The van der Waals surface area contributed by atoms with Crippen LogP contribution in [0.25, 0.3) is 11.1 Å². The van der Waals surface area contributed by atoms with E-state index < -0.39 is 46.7 Å². The van der Waals surface area contributed by atoms with Crippen LogP contribution < -0.4 is 11.2 Å². The van der Waals surface area contributed by atoms with Gasteiger partial charge in [0.15, 0.2) is 0 Å². The molecule has 0 fully saturated rings. The molecule has 1 aromatic heterocycles. The Kier molecular flexibility index (Phi) is 4.52. The number of benzene rings is 1. The molecular weight excluding hydrogens is 365 g/mol. The molecule has 0 bridgehead atoms. The van der Waals surface area contributed by atoms with Gasteiger partial charge in [-0.2, -0.15) is 0 Å². The Morgan fingerprint density at radius 3 is 2.59 bits per heavy atom. The van der Waals surface area contributed by atoms with Gasteiger partial charge in [0.05, 0.1) is 11.0 Å². The smallest absolute Gasteiger partial charge is 0.336 e. The molecule has 27 heavy (non-hydrogen) atoms. The number of nitrogens with two attached hydrogens (primary N) is 1. The first-order valence-electron chi connectivity index (χ1n) is 7.73. The van der Waals surface area contributed by atoms with Crippen molar-refractivity contribution < 1.29 is 27.9 Å². The van der Waals surface area contributed by atoms with Crippen LogP contribution in [0.5, 0.6) is 0 Å². The number of nitrogens with one attached hydrogen (secondary N) is 1. The second-order valence-electron chi connectivity index (χ2n) is 6.14. The maximum atomic E-state index is 15.0. The van der Waals surface area contributed by atoms with Gasteiger partial charge in [-0.3, -0.25) is 10.3 Å². The molecule has 0 unspecified atom stereocenters. The molecule has 1 aliphatic rings. The number of hydrogen-bond acceptors (Lipinski definition) is 6. The van der Waals surface area contributed by atoms with E-state index in [1.165, 1.54) is 24.8 Å². The molecule has 0 aliphatic carbocycles. The quantitative estimate of drug-likeness (QED) is 0.747. The number of carboxylic acid groups (broad SMARTS) is 1. The van der Waals surface area contributed by atoms with E-state index in [4.69, 9.17) is 5.73 Å². The first-order chi connectivity index (χ1) is 12.7. The average molecular weight is 380 g/mol. The molecule has 1 aromatic carbocycles. The lowest BCUT2D eigenvalue weighted by Gasteiger charge is -2.36.